The third kappa shape index (κ3) is 3.75. The molecule has 0 radical (unpaired) electrons. The van der Waals surface area contributed by atoms with Crippen molar-refractivity contribution in [2.75, 3.05) is 7.11 Å². The molecule has 0 aliphatic carbocycles. The van der Waals surface area contributed by atoms with Crippen molar-refractivity contribution < 1.29 is 4.74 Å². The minimum Gasteiger partial charge on any atom is -0.497 e. The molecule has 0 bridgehead atoms. The molecule has 2 rings (SSSR count). The first kappa shape index (κ1) is 14.4. The molecule has 0 amide bonds. The molecule has 0 saturated carbocycles. The molecule has 4 heteroatoms. The van der Waals surface area contributed by atoms with Crippen LogP contribution in [0.25, 0.3) is 0 Å². The molecule has 1 heterocycles. The number of ether oxygens (including phenoxy) is 1. The van der Waals surface area contributed by atoms with Crippen LogP contribution in [0, 0.1) is 0 Å². The fourth-order valence-corrected chi connectivity index (χ4v) is 4.10. The highest BCUT2D eigenvalue weighted by atomic mass is 32.2. The Kier molecular flexibility index (Phi) is 5.31. The number of methoxy groups -OCH3 is 1. The lowest BCUT2D eigenvalue weighted by Crippen LogP contribution is -2.25. The summed E-state index contributed by atoms with van der Waals surface area (Å²) in [5.74, 6) is 0.887. The maximum absolute atomic E-state index is 6.30. The summed E-state index contributed by atoms with van der Waals surface area (Å²) in [4.78, 5) is 0. The summed E-state index contributed by atoms with van der Waals surface area (Å²) in [7, 11) is 1.69. The molecule has 2 N–H and O–H groups in total. The van der Waals surface area contributed by atoms with Gasteiger partial charge in [0.25, 0.3) is 0 Å². The van der Waals surface area contributed by atoms with E-state index in [0.717, 1.165) is 12.2 Å². The van der Waals surface area contributed by atoms with Gasteiger partial charge in [-0.1, -0.05) is 25.1 Å². The lowest BCUT2D eigenvalue weighted by molar-refractivity contribution is 0.414. The highest BCUT2D eigenvalue weighted by Crippen LogP contribution is 2.40. The van der Waals surface area contributed by atoms with Gasteiger partial charge in [0.2, 0.25) is 0 Å². The molecular formula is C15H19NOS2. The van der Waals surface area contributed by atoms with Crippen LogP contribution in [-0.4, -0.2) is 13.2 Å². The van der Waals surface area contributed by atoms with Crippen LogP contribution < -0.4 is 10.5 Å². The molecule has 1 aromatic heterocycles. The Bertz CT molecular complexity index is 499. The Morgan fingerprint density at radius 1 is 1.32 bits per heavy atom. The van der Waals surface area contributed by atoms with Crippen molar-refractivity contribution in [2.24, 2.45) is 5.73 Å². The van der Waals surface area contributed by atoms with Crippen LogP contribution in [0.3, 0.4) is 0 Å². The van der Waals surface area contributed by atoms with Gasteiger partial charge < -0.3 is 10.5 Å². The Balaban J connectivity index is 2.25. The molecule has 0 aliphatic heterocycles. The second-order valence-corrected chi connectivity index (χ2v) is 6.71. The van der Waals surface area contributed by atoms with Crippen molar-refractivity contribution in [3.05, 3.63) is 47.3 Å². The number of rotatable bonds is 6. The van der Waals surface area contributed by atoms with Gasteiger partial charge >= 0.3 is 0 Å². The van der Waals surface area contributed by atoms with Gasteiger partial charge in [-0.05, 0) is 35.6 Å². The molecule has 2 unspecified atom stereocenters. The van der Waals surface area contributed by atoms with E-state index in [1.54, 1.807) is 18.4 Å². The van der Waals surface area contributed by atoms with Crippen molar-refractivity contribution in [3.8, 4) is 5.75 Å². The van der Waals surface area contributed by atoms with Crippen LogP contribution in [0.2, 0.25) is 0 Å². The van der Waals surface area contributed by atoms with E-state index in [4.69, 9.17) is 10.5 Å². The van der Waals surface area contributed by atoms with E-state index in [2.05, 4.69) is 36.6 Å². The number of benzene rings is 1. The van der Waals surface area contributed by atoms with Gasteiger partial charge in [-0.3, -0.25) is 0 Å². The normalized spacial score (nSPS) is 14.1. The van der Waals surface area contributed by atoms with Crippen LogP contribution in [-0.2, 0) is 0 Å². The molecule has 0 aliphatic rings. The van der Waals surface area contributed by atoms with Crippen molar-refractivity contribution >= 4 is 23.1 Å². The minimum absolute atomic E-state index is 0.138. The summed E-state index contributed by atoms with van der Waals surface area (Å²) >= 11 is 3.60. The lowest BCUT2D eigenvalue weighted by Gasteiger charge is -2.22. The lowest BCUT2D eigenvalue weighted by atomic mass is 10.0. The summed E-state index contributed by atoms with van der Waals surface area (Å²) in [5, 5.41) is 2.36. The third-order valence-electron chi connectivity index (χ3n) is 3.02. The van der Waals surface area contributed by atoms with E-state index in [1.807, 2.05) is 23.9 Å². The number of thiophene rings is 1. The van der Waals surface area contributed by atoms with Crippen LogP contribution in [0.15, 0.2) is 46.0 Å². The monoisotopic (exact) mass is 293 g/mol. The second kappa shape index (κ2) is 6.98. The quantitative estimate of drug-likeness (QED) is 0.805. The zero-order valence-corrected chi connectivity index (χ0v) is 12.8. The van der Waals surface area contributed by atoms with Gasteiger partial charge in [-0.15, -0.1) is 23.1 Å². The van der Waals surface area contributed by atoms with E-state index in [0.29, 0.717) is 0 Å². The van der Waals surface area contributed by atoms with Crippen molar-refractivity contribution in [2.45, 2.75) is 28.8 Å². The summed E-state index contributed by atoms with van der Waals surface area (Å²) in [6.45, 7) is 2.13. The maximum atomic E-state index is 6.30. The van der Waals surface area contributed by atoms with Gasteiger partial charge in [-0.25, -0.2) is 0 Å². The zero-order chi connectivity index (χ0) is 13.7. The number of nitrogens with two attached hydrogens (primary N) is 1. The first-order chi connectivity index (χ1) is 9.24. The molecule has 1 aromatic carbocycles. The average molecular weight is 293 g/mol. The highest BCUT2D eigenvalue weighted by Gasteiger charge is 2.20. The first-order valence-electron chi connectivity index (χ1n) is 6.34. The Labute approximate surface area is 123 Å². The Morgan fingerprint density at radius 2 is 2.16 bits per heavy atom. The molecule has 0 spiro atoms. The standard InChI is InChI=1S/C15H19NOS2/c1-3-13(16)15(19-14-8-5-9-18-14)11-6-4-7-12(10-11)17-2/h4-10,13,15H,3,16H2,1-2H3. The predicted molar refractivity (Wildman–Crippen MR) is 84.2 cm³/mol. The summed E-state index contributed by atoms with van der Waals surface area (Å²) in [6, 6.07) is 12.6. The number of hydrogen-bond acceptors (Lipinski definition) is 4. The van der Waals surface area contributed by atoms with E-state index < -0.39 is 0 Å². The predicted octanol–water partition coefficient (Wildman–Crippen LogP) is 4.33. The van der Waals surface area contributed by atoms with Gasteiger partial charge in [-0.2, -0.15) is 0 Å². The Morgan fingerprint density at radius 3 is 2.79 bits per heavy atom. The third-order valence-corrected chi connectivity index (χ3v) is 5.50. The largest absolute Gasteiger partial charge is 0.497 e. The van der Waals surface area contributed by atoms with E-state index in [1.165, 1.54) is 9.77 Å². The van der Waals surface area contributed by atoms with Crippen LogP contribution in [0.5, 0.6) is 5.75 Å². The van der Waals surface area contributed by atoms with E-state index in [9.17, 15) is 0 Å². The summed E-state index contributed by atoms with van der Waals surface area (Å²) in [6.07, 6.45) is 0.959. The molecule has 0 fully saturated rings. The van der Waals surface area contributed by atoms with Crippen molar-refractivity contribution in [3.63, 3.8) is 0 Å². The fraction of sp³-hybridized carbons (Fsp3) is 0.333. The fourth-order valence-electron chi connectivity index (χ4n) is 1.89. The Hall–Kier alpha value is -0.970. The maximum Gasteiger partial charge on any atom is 0.119 e. The van der Waals surface area contributed by atoms with Crippen LogP contribution in [0.1, 0.15) is 24.2 Å². The molecule has 2 atom stereocenters. The molecular weight excluding hydrogens is 274 g/mol. The zero-order valence-electron chi connectivity index (χ0n) is 11.2. The molecule has 2 nitrogen and oxygen atoms in total. The molecule has 0 saturated heterocycles. The second-order valence-electron chi connectivity index (χ2n) is 4.32. The topological polar surface area (TPSA) is 35.2 Å². The van der Waals surface area contributed by atoms with Gasteiger partial charge in [0.15, 0.2) is 0 Å². The summed E-state index contributed by atoms with van der Waals surface area (Å²) < 4.78 is 6.61. The number of hydrogen-bond donors (Lipinski definition) is 1. The first-order valence-corrected chi connectivity index (χ1v) is 8.10. The smallest absolute Gasteiger partial charge is 0.119 e. The van der Waals surface area contributed by atoms with Gasteiger partial charge in [0.05, 0.1) is 16.6 Å². The number of thioether (sulfide) groups is 1. The average Bonchev–Trinajstić information content (AvgIpc) is 2.97. The molecule has 102 valence electrons. The van der Waals surface area contributed by atoms with E-state index >= 15 is 0 Å². The van der Waals surface area contributed by atoms with E-state index in [-0.39, 0.29) is 11.3 Å². The van der Waals surface area contributed by atoms with Crippen LogP contribution in [0.4, 0.5) is 0 Å². The van der Waals surface area contributed by atoms with Gasteiger partial charge in [0, 0.05) is 6.04 Å². The van der Waals surface area contributed by atoms with Crippen molar-refractivity contribution in [1.29, 1.82) is 0 Å². The SMILES string of the molecule is CCC(N)C(Sc1cccs1)c1cccc(OC)c1. The van der Waals surface area contributed by atoms with Gasteiger partial charge in [0.1, 0.15) is 5.75 Å². The minimum atomic E-state index is 0.138. The summed E-state index contributed by atoms with van der Waals surface area (Å²) in [5.41, 5.74) is 7.53. The highest BCUT2D eigenvalue weighted by molar-refractivity contribution is 8.01. The van der Waals surface area contributed by atoms with Crippen molar-refractivity contribution in [1.82, 2.24) is 0 Å². The van der Waals surface area contributed by atoms with Crippen LogP contribution >= 0.6 is 23.1 Å². The molecule has 2 aromatic rings. The molecule has 19 heavy (non-hydrogen) atoms.